The van der Waals surface area contributed by atoms with Gasteiger partial charge in [0.1, 0.15) is 17.2 Å². The number of aromatic nitrogens is 2. The molecular weight excluding hydrogens is 336 g/mol. The van der Waals surface area contributed by atoms with E-state index in [9.17, 15) is 4.79 Å². The van der Waals surface area contributed by atoms with Crippen molar-refractivity contribution in [1.82, 2.24) is 15.3 Å². The van der Waals surface area contributed by atoms with Gasteiger partial charge >= 0.3 is 0 Å². The maximum Gasteiger partial charge on any atom is 0.252 e. The number of anilines is 1. The fraction of sp³-hybridized carbons (Fsp3) is 0.227. The SMILES string of the molecule is Cc1ccc(C(=O)NC2(c3ccccc3)CN(c3ccnc(C)n3)C2)cc1. The Hall–Kier alpha value is -3.21. The average molecular weight is 358 g/mol. The molecule has 5 nitrogen and oxygen atoms in total. The second kappa shape index (κ2) is 6.83. The minimum Gasteiger partial charge on any atom is -0.351 e. The van der Waals surface area contributed by atoms with E-state index in [0.29, 0.717) is 18.7 Å². The molecule has 2 aromatic carbocycles. The molecule has 0 saturated carbocycles. The maximum absolute atomic E-state index is 12.9. The lowest BCUT2D eigenvalue weighted by molar-refractivity contribution is 0.0874. The lowest BCUT2D eigenvalue weighted by Gasteiger charge is -2.51. The van der Waals surface area contributed by atoms with E-state index in [2.05, 4.69) is 32.3 Å². The van der Waals surface area contributed by atoms with Crippen molar-refractivity contribution >= 4 is 11.7 Å². The molecular formula is C22H22N4O. The molecule has 1 saturated heterocycles. The van der Waals surface area contributed by atoms with Crippen LogP contribution in [0.4, 0.5) is 5.82 Å². The third-order valence-corrected chi connectivity index (χ3v) is 5.00. The van der Waals surface area contributed by atoms with Crippen LogP contribution >= 0.6 is 0 Å². The lowest BCUT2D eigenvalue weighted by atomic mass is 9.82. The van der Waals surface area contributed by atoms with E-state index in [1.165, 1.54) is 0 Å². The molecule has 0 atom stereocenters. The summed E-state index contributed by atoms with van der Waals surface area (Å²) in [7, 11) is 0. The molecule has 136 valence electrons. The maximum atomic E-state index is 12.9. The molecule has 4 rings (SSSR count). The molecule has 0 unspecified atom stereocenters. The number of hydrogen-bond acceptors (Lipinski definition) is 4. The van der Waals surface area contributed by atoms with Gasteiger partial charge in [-0.25, -0.2) is 9.97 Å². The molecule has 1 aromatic heterocycles. The van der Waals surface area contributed by atoms with Gasteiger partial charge in [0.05, 0.1) is 0 Å². The fourth-order valence-electron chi connectivity index (χ4n) is 3.47. The van der Waals surface area contributed by atoms with Crippen molar-refractivity contribution in [2.75, 3.05) is 18.0 Å². The van der Waals surface area contributed by atoms with Crippen molar-refractivity contribution in [3.63, 3.8) is 0 Å². The topological polar surface area (TPSA) is 58.1 Å². The molecule has 27 heavy (non-hydrogen) atoms. The monoisotopic (exact) mass is 358 g/mol. The van der Waals surface area contributed by atoms with E-state index in [0.717, 1.165) is 22.8 Å². The molecule has 3 aromatic rings. The Morgan fingerprint density at radius 2 is 1.70 bits per heavy atom. The van der Waals surface area contributed by atoms with Crippen molar-refractivity contribution in [3.8, 4) is 0 Å². The number of nitrogens with zero attached hydrogens (tertiary/aromatic N) is 3. The van der Waals surface area contributed by atoms with Gasteiger partial charge in [0, 0.05) is 24.8 Å². The molecule has 2 heterocycles. The first-order chi connectivity index (χ1) is 13.1. The standard InChI is InChI=1S/C22H22N4O/c1-16-8-10-18(11-9-16)21(27)25-22(19-6-4-3-5-7-19)14-26(15-22)20-12-13-23-17(2)24-20/h3-13H,14-15H2,1-2H3,(H,25,27). The van der Waals surface area contributed by atoms with E-state index in [1.807, 2.05) is 62.4 Å². The zero-order valence-corrected chi connectivity index (χ0v) is 15.5. The van der Waals surface area contributed by atoms with E-state index in [-0.39, 0.29) is 5.91 Å². The van der Waals surface area contributed by atoms with Crippen molar-refractivity contribution < 1.29 is 4.79 Å². The van der Waals surface area contributed by atoms with Gasteiger partial charge in [-0.3, -0.25) is 4.79 Å². The first kappa shape index (κ1) is 17.2. The number of carbonyl (C=O) groups is 1. The summed E-state index contributed by atoms with van der Waals surface area (Å²) in [6.07, 6.45) is 1.77. The van der Waals surface area contributed by atoms with Crippen LogP contribution in [0.25, 0.3) is 0 Å². The molecule has 1 fully saturated rings. The predicted octanol–water partition coefficient (Wildman–Crippen LogP) is 3.24. The Morgan fingerprint density at radius 1 is 1.00 bits per heavy atom. The van der Waals surface area contributed by atoms with Crippen molar-refractivity contribution in [3.05, 3.63) is 89.4 Å². The molecule has 0 spiro atoms. The summed E-state index contributed by atoms with van der Waals surface area (Å²) in [6.45, 7) is 5.24. The minimum atomic E-state index is -0.428. The van der Waals surface area contributed by atoms with Crippen LogP contribution in [-0.2, 0) is 5.54 Å². The lowest BCUT2D eigenvalue weighted by Crippen LogP contribution is -2.68. The van der Waals surface area contributed by atoms with Crippen molar-refractivity contribution in [2.45, 2.75) is 19.4 Å². The second-order valence-corrected chi connectivity index (χ2v) is 7.09. The molecule has 5 heteroatoms. The van der Waals surface area contributed by atoms with E-state index >= 15 is 0 Å². The van der Waals surface area contributed by atoms with Gasteiger partial charge in [0.15, 0.2) is 0 Å². The highest BCUT2D eigenvalue weighted by Crippen LogP contribution is 2.35. The largest absolute Gasteiger partial charge is 0.351 e. The zero-order valence-electron chi connectivity index (χ0n) is 15.5. The van der Waals surface area contributed by atoms with Gasteiger partial charge < -0.3 is 10.2 Å². The summed E-state index contributed by atoms with van der Waals surface area (Å²) in [5.41, 5.74) is 2.49. The Bertz CT molecular complexity index is 948. The highest BCUT2D eigenvalue weighted by atomic mass is 16.1. The summed E-state index contributed by atoms with van der Waals surface area (Å²) < 4.78 is 0. The molecule has 0 radical (unpaired) electrons. The quantitative estimate of drug-likeness (QED) is 0.778. The second-order valence-electron chi connectivity index (χ2n) is 7.09. The van der Waals surface area contributed by atoms with Gasteiger partial charge in [-0.05, 0) is 37.6 Å². The third-order valence-electron chi connectivity index (χ3n) is 5.00. The molecule has 0 bridgehead atoms. The first-order valence-corrected chi connectivity index (χ1v) is 9.05. The Balaban J connectivity index is 1.59. The first-order valence-electron chi connectivity index (χ1n) is 9.05. The van der Waals surface area contributed by atoms with E-state index < -0.39 is 5.54 Å². The van der Waals surface area contributed by atoms with Gasteiger partial charge in [0.2, 0.25) is 0 Å². The zero-order chi connectivity index (χ0) is 18.9. The summed E-state index contributed by atoms with van der Waals surface area (Å²) in [5.74, 6) is 1.57. The summed E-state index contributed by atoms with van der Waals surface area (Å²) >= 11 is 0. The number of amides is 1. The highest BCUT2D eigenvalue weighted by molar-refractivity contribution is 5.95. The molecule has 1 aliphatic rings. The highest BCUT2D eigenvalue weighted by Gasteiger charge is 2.46. The predicted molar refractivity (Wildman–Crippen MR) is 106 cm³/mol. The fourth-order valence-corrected chi connectivity index (χ4v) is 3.47. The van der Waals surface area contributed by atoms with E-state index in [4.69, 9.17) is 0 Å². The number of rotatable bonds is 4. The van der Waals surface area contributed by atoms with Crippen LogP contribution in [0.15, 0.2) is 66.9 Å². The minimum absolute atomic E-state index is 0.0580. The third kappa shape index (κ3) is 3.40. The molecule has 1 amide bonds. The molecule has 0 aliphatic carbocycles. The normalized spacial score (nSPS) is 15.1. The smallest absolute Gasteiger partial charge is 0.252 e. The molecule has 1 aliphatic heterocycles. The van der Waals surface area contributed by atoms with Crippen molar-refractivity contribution in [1.29, 1.82) is 0 Å². The van der Waals surface area contributed by atoms with Crippen LogP contribution in [0, 0.1) is 13.8 Å². The number of hydrogen-bond donors (Lipinski definition) is 1. The van der Waals surface area contributed by atoms with Crippen LogP contribution in [0.5, 0.6) is 0 Å². The summed E-state index contributed by atoms with van der Waals surface area (Å²) in [6, 6.07) is 19.7. The van der Waals surface area contributed by atoms with Crippen LogP contribution in [0.2, 0.25) is 0 Å². The van der Waals surface area contributed by atoms with E-state index in [1.54, 1.807) is 6.20 Å². The summed E-state index contributed by atoms with van der Waals surface area (Å²) in [5, 5.41) is 3.27. The van der Waals surface area contributed by atoms with Crippen LogP contribution in [0.3, 0.4) is 0 Å². The summed E-state index contributed by atoms with van der Waals surface area (Å²) in [4.78, 5) is 23.7. The Morgan fingerprint density at radius 3 is 2.37 bits per heavy atom. The van der Waals surface area contributed by atoms with Gasteiger partial charge in [-0.1, -0.05) is 48.0 Å². The number of nitrogens with one attached hydrogen (secondary N) is 1. The number of carbonyl (C=O) groups excluding carboxylic acids is 1. The Kier molecular flexibility index (Phi) is 4.36. The molecule has 1 N–H and O–H groups in total. The van der Waals surface area contributed by atoms with Crippen LogP contribution in [0.1, 0.15) is 27.3 Å². The van der Waals surface area contributed by atoms with Crippen molar-refractivity contribution in [2.24, 2.45) is 0 Å². The number of benzene rings is 2. The van der Waals surface area contributed by atoms with Gasteiger partial charge in [-0.15, -0.1) is 0 Å². The Labute approximate surface area is 159 Å². The van der Waals surface area contributed by atoms with Crippen LogP contribution in [-0.4, -0.2) is 29.0 Å². The van der Waals surface area contributed by atoms with Gasteiger partial charge in [0.25, 0.3) is 5.91 Å². The average Bonchev–Trinajstić information content (AvgIpc) is 2.65. The van der Waals surface area contributed by atoms with Gasteiger partial charge in [-0.2, -0.15) is 0 Å². The number of aryl methyl sites for hydroxylation is 2. The van der Waals surface area contributed by atoms with Crippen LogP contribution < -0.4 is 10.2 Å².